The summed E-state index contributed by atoms with van der Waals surface area (Å²) in [7, 11) is 1.41. The highest BCUT2D eigenvalue weighted by Gasteiger charge is 2.29. The zero-order valence-corrected chi connectivity index (χ0v) is 11.0. The first kappa shape index (κ1) is 15.7. The maximum absolute atomic E-state index is 11.4. The Hall–Kier alpha value is -2.39. The summed E-state index contributed by atoms with van der Waals surface area (Å²) in [5, 5.41) is 24.1. The van der Waals surface area contributed by atoms with E-state index < -0.39 is 12.7 Å². The van der Waals surface area contributed by atoms with Gasteiger partial charge >= 0.3 is 5.97 Å². The first-order chi connectivity index (χ1) is 9.41. The number of carboxylic acid groups (broad SMARTS) is 1. The molecule has 0 aromatic heterocycles. The van der Waals surface area contributed by atoms with E-state index >= 15 is 0 Å². The predicted octanol–water partition coefficient (Wildman–Crippen LogP) is -0.301. The van der Waals surface area contributed by atoms with Gasteiger partial charge in [-0.2, -0.15) is 0 Å². The van der Waals surface area contributed by atoms with Crippen molar-refractivity contribution in [3.05, 3.63) is 5.21 Å². The van der Waals surface area contributed by atoms with Gasteiger partial charge in [0.2, 0.25) is 23.8 Å². The van der Waals surface area contributed by atoms with Crippen LogP contribution in [-0.2, 0) is 19.2 Å². The molecule has 1 N–H and O–H groups in total. The van der Waals surface area contributed by atoms with Crippen molar-refractivity contribution in [1.82, 2.24) is 9.91 Å². The Kier molecular flexibility index (Phi) is 5.69. The third kappa shape index (κ3) is 4.71. The molecule has 1 fully saturated rings. The molecule has 112 valence electrons. The SMILES string of the molecule is CN(CCCC(=O)O)/[N+]([O-])=N/OCN1C(=O)CCC1=O. The van der Waals surface area contributed by atoms with Crippen LogP contribution in [0.3, 0.4) is 0 Å². The van der Waals surface area contributed by atoms with Gasteiger partial charge in [-0.05, 0) is 6.42 Å². The lowest BCUT2D eigenvalue weighted by Crippen LogP contribution is -2.32. The van der Waals surface area contributed by atoms with Gasteiger partial charge in [-0.25, -0.2) is 4.90 Å². The van der Waals surface area contributed by atoms with Crippen LogP contribution < -0.4 is 0 Å². The van der Waals surface area contributed by atoms with E-state index in [0.29, 0.717) is 0 Å². The lowest BCUT2D eigenvalue weighted by molar-refractivity contribution is -0.705. The average Bonchev–Trinajstić information content (AvgIpc) is 2.69. The Bertz CT molecular complexity index is 408. The maximum atomic E-state index is 11.4. The molecule has 10 heteroatoms. The zero-order chi connectivity index (χ0) is 15.1. The van der Waals surface area contributed by atoms with Crippen molar-refractivity contribution in [1.29, 1.82) is 0 Å². The Morgan fingerprint density at radius 3 is 2.65 bits per heavy atom. The number of hydrazine groups is 1. The van der Waals surface area contributed by atoms with Gasteiger partial charge in [-0.1, -0.05) is 0 Å². The van der Waals surface area contributed by atoms with E-state index in [2.05, 4.69) is 10.1 Å². The van der Waals surface area contributed by atoms with Gasteiger partial charge in [-0.15, -0.1) is 5.01 Å². The minimum atomic E-state index is -0.949. The molecule has 0 spiro atoms. The number of carbonyl (C=O) groups excluding carboxylic acids is 2. The largest absolute Gasteiger partial charge is 0.569 e. The molecule has 10 nitrogen and oxygen atoms in total. The summed E-state index contributed by atoms with van der Waals surface area (Å²) in [6.07, 6.45) is 0.496. The van der Waals surface area contributed by atoms with Crippen molar-refractivity contribution in [3.63, 3.8) is 0 Å². The second-order valence-electron chi connectivity index (χ2n) is 4.19. The normalized spacial score (nSPS) is 15.7. The number of hydrogen-bond acceptors (Lipinski definition) is 6. The molecule has 0 radical (unpaired) electrons. The van der Waals surface area contributed by atoms with Gasteiger partial charge in [0.1, 0.15) is 0 Å². The third-order valence-corrected chi connectivity index (χ3v) is 2.63. The number of imide groups is 1. The molecule has 1 rings (SSSR count). The number of amides is 2. The molecular weight excluding hydrogens is 272 g/mol. The molecule has 0 atom stereocenters. The maximum Gasteiger partial charge on any atom is 0.303 e. The summed E-state index contributed by atoms with van der Waals surface area (Å²) < 4.78 is 0. The molecule has 1 aliphatic rings. The summed E-state index contributed by atoms with van der Waals surface area (Å²) in [5.74, 6) is -1.68. The lowest BCUT2D eigenvalue weighted by Gasteiger charge is -2.13. The Morgan fingerprint density at radius 2 is 2.10 bits per heavy atom. The van der Waals surface area contributed by atoms with Crippen LogP contribution in [0.5, 0.6) is 0 Å². The monoisotopic (exact) mass is 288 g/mol. The van der Waals surface area contributed by atoms with Crippen LogP contribution in [0.15, 0.2) is 5.28 Å². The van der Waals surface area contributed by atoms with E-state index in [1.807, 2.05) is 0 Å². The molecule has 0 aromatic carbocycles. The van der Waals surface area contributed by atoms with E-state index in [-0.39, 0.29) is 49.0 Å². The fourth-order valence-corrected chi connectivity index (χ4v) is 1.51. The second kappa shape index (κ2) is 7.26. The summed E-state index contributed by atoms with van der Waals surface area (Å²) in [6, 6.07) is 0. The van der Waals surface area contributed by atoms with Gasteiger partial charge in [-0.3, -0.25) is 14.4 Å². The first-order valence-electron chi connectivity index (χ1n) is 5.98. The fraction of sp³-hybridized carbons (Fsp3) is 0.700. The van der Waals surface area contributed by atoms with E-state index in [9.17, 15) is 19.6 Å². The van der Waals surface area contributed by atoms with Crippen LogP contribution in [0.2, 0.25) is 0 Å². The Morgan fingerprint density at radius 1 is 1.50 bits per heavy atom. The molecule has 0 aromatic rings. The molecule has 20 heavy (non-hydrogen) atoms. The number of hydrogen-bond donors (Lipinski definition) is 1. The van der Waals surface area contributed by atoms with Crippen molar-refractivity contribution < 1.29 is 29.3 Å². The summed E-state index contributed by atoms with van der Waals surface area (Å²) in [4.78, 5) is 38.4. The van der Waals surface area contributed by atoms with Crippen LogP contribution in [0.25, 0.3) is 0 Å². The summed E-state index contributed by atoms with van der Waals surface area (Å²) in [6.45, 7) is -0.219. The average molecular weight is 288 g/mol. The van der Waals surface area contributed by atoms with Crippen molar-refractivity contribution in [2.45, 2.75) is 25.7 Å². The molecule has 1 aliphatic heterocycles. The van der Waals surface area contributed by atoms with Crippen molar-refractivity contribution in [3.8, 4) is 0 Å². The van der Waals surface area contributed by atoms with Gasteiger partial charge in [0.25, 0.3) is 0 Å². The number of aliphatic carboxylic acids is 1. The van der Waals surface area contributed by atoms with E-state index in [4.69, 9.17) is 5.11 Å². The van der Waals surface area contributed by atoms with Crippen LogP contribution in [0.1, 0.15) is 25.7 Å². The minimum absolute atomic E-state index is 0.0597. The number of carbonyl (C=O) groups is 3. The van der Waals surface area contributed by atoms with Crippen LogP contribution in [0, 0.1) is 5.21 Å². The predicted molar refractivity (Wildman–Crippen MR) is 62.6 cm³/mol. The zero-order valence-electron chi connectivity index (χ0n) is 11.0. The van der Waals surface area contributed by atoms with E-state index in [0.717, 1.165) is 9.91 Å². The standard InChI is InChI=1S/C10H16N4O6/c1-12(6-2-3-10(17)18)14(19)11-20-7-13-8(15)4-5-9(13)16/h2-7H2,1H3,(H,17,18)/b14-11-. The van der Waals surface area contributed by atoms with Crippen LogP contribution in [-0.4, -0.2) is 58.1 Å². The summed E-state index contributed by atoms with van der Waals surface area (Å²) >= 11 is 0. The van der Waals surface area contributed by atoms with Crippen molar-refractivity contribution in [2.24, 2.45) is 5.28 Å². The second-order valence-corrected chi connectivity index (χ2v) is 4.19. The van der Waals surface area contributed by atoms with Gasteiger partial charge in [0.15, 0.2) is 0 Å². The van der Waals surface area contributed by atoms with Crippen molar-refractivity contribution >= 4 is 17.8 Å². The lowest BCUT2D eigenvalue weighted by atomic mass is 10.3. The molecular formula is C10H16N4O6. The number of nitrogens with zero attached hydrogens (tertiary/aromatic N) is 4. The quantitative estimate of drug-likeness (QED) is 0.281. The summed E-state index contributed by atoms with van der Waals surface area (Å²) in [5.41, 5.74) is 0. The van der Waals surface area contributed by atoms with E-state index in [1.165, 1.54) is 7.05 Å². The molecule has 2 amide bonds. The van der Waals surface area contributed by atoms with Gasteiger partial charge in [0, 0.05) is 19.3 Å². The van der Waals surface area contributed by atoms with Crippen LogP contribution in [0.4, 0.5) is 0 Å². The smallest absolute Gasteiger partial charge is 0.303 e. The number of carboxylic acids is 1. The highest BCUT2D eigenvalue weighted by molar-refractivity contribution is 6.01. The fourth-order valence-electron chi connectivity index (χ4n) is 1.51. The highest BCUT2D eigenvalue weighted by Crippen LogP contribution is 2.11. The topological polar surface area (TPSA) is 126 Å². The van der Waals surface area contributed by atoms with Crippen molar-refractivity contribution in [2.75, 3.05) is 20.3 Å². The Balaban J connectivity index is 2.31. The number of rotatable bonds is 8. The van der Waals surface area contributed by atoms with Crippen LogP contribution >= 0.6 is 0 Å². The molecule has 0 unspecified atom stereocenters. The highest BCUT2D eigenvalue weighted by atomic mass is 16.7. The third-order valence-electron chi connectivity index (χ3n) is 2.63. The molecule has 1 saturated heterocycles. The Labute approximate surface area is 114 Å². The van der Waals surface area contributed by atoms with Gasteiger partial charge < -0.3 is 15.2 Å². The van der Waals surface area contributed by atoms with E-state index in [1.54, 1.807) is 0 Å². The molecule has 0 bridgehead atoms. The molecule has 1 heterocycles. The first-order valence-corrected chi connectivity index (χ1v) is 5.98. The molecule has 0 saturated carbocycles. The van der Waals surface area contributed by atoms with Gasteiger partial charge in [0.05, 0.1) is 18.6 Å². The molecule has 0 aliphatic carbocycles. The minimum Gasteiger partial charge on any atom is -0.569 e. The number of likely N-dealkylation sites (tertiary alicyclic amines) is 1.